The monoisotopic (exact) mass is 996 g/mol. The number of phenolic OH excluding ortho intramolecular Hbond substituents is 2. The van der Waals surface area contributed by atoms with Crippen LogP contribution in [0.2, 0.25) is 0 Å². The first-order valence-corrected chi connectivity index (χ1v) is 24.7. The number of aliphatic hydroxyl groups excluding tert-OH is 1. The molecule has 4 aliphatic heterocycles. The summed E-state index contributed by atoms with van der Waals surface area (Å²) in [6, 6.07) is 12.5. The van der Waals surface area contributed by atoms with Gasteiger partial charge in [0.1, 0.15) is 35.3 Å². The molecule has 7 rings (SSSR count). The van der Waals surface area contributed by atoms with E-state index < -0.39 is 83.8 Å². The molecule has 2 fully saturated rings. The first-order valence-electron chi connectivity index (χ1n) is 20.2. The van der Waals surface area contributed by atoms with Gasteiger partial charge in [0.2, 0.25) is 11.8 Å². The highest BCUT2D eigenvalue weighted by Gasteiger charge is 2.54. The minimum absolute atomic E-state index is 0.0311. The molecule has 28 heteroatoms. The molecule has 3 aromatic rings. The van der Waals surface area contributed by atoms with E-state index in [0.29, 0.717) is 36.0 Å². The second-order valence-corrected chi connectivity index (χ2v) is 19.9. The summed E-state index contributed by atoms with van der Waals surface area (Å²) in [6.45, 7) is -0.884. The van der Waals surface area contributed by atoms with E-state index in [0.717, 1.165) is 4.90 Å². The number of esters is 1. The molecule has 5 amide bonds. The van der Waals surface area contributed by atoms with Crippen molar-refractivity contribution in [1.82, 2.24) is 20.9 Å². The number of urea groups is 1. The van der Waals surface area contributed by atoms with Gasteiger partial charge in [0, 0.05) is 66.9 Å². The predicted octanol–water partition coefficient (Wildman–Crippen LogP) is 2.62. The lowest BCUT2D eigenvalue weighted by Crippen LogP contribution is -2.57. The fourth-order valence-electron chi connectivity index (χ4n) is 7.80. The molecule has 3 aromatic carbocycles. The third-order valence-electron chi connectivity index (χ3n) is 10.8. The van der Waals surface area contributed by atoms with Crippen LogP contribution in [0.1, 0.15) is 69.5 Å². The van der Waals surface area contributed by atoms with E-state index in [1.165, 1.54) is 42.5 Å². The highest BCUT2D eigenvalue weighted by molar-refractivity contribution is 7.66. The Morgan fingerprint density at radius 3 is 2.21 bits per heavy atom. The zero-order chi connectivity index (χ0) is 48.5. The number of aliphatic hydroxyl groups is 1. The largest absolute Gasteiger partial charge is 0.508 e. The number of nitrogens with one attached hydrogen (secondary N) is 3. The summed E-state index contributed by atoms with van der Waals surface area (Å²) in [5, 5.41) is 38.3. The number of imide groups is 1. The van der Waals surface area contributed by atoms with Gasteiger partial charge < -0.3 is 59.7 Å². The quantitative estimate of drug-likeness (QED) is 0.0379. The summed E-state index contributed by atoms with van der Waals surface area (Å²) in [6.07, 6.45) is 0.424. The van der Waals surface area contributed by atoms with Crippen LogP contribution in [0.5, 0.6) is 23.0 Å². The second kappa shape index (κ2) is 19.6. The van der Waals surface area contributed by atoms with Gasteiger partial charge in [-0.05, 0) is 49.2 Å². The first-order chi connectivity index (χ1) is 31.5. The number of hydrogen-bond donors (Lipinski definition) is 10. The fourth-order valence-corrected chi connectivity index (χ4v) is 10.8. The molecule has 0 radical (unpaired) electrons. The van der Waals surface area contributed by atoms with Crippen molar-refractivity contribution in [2.24, 2.45) is 5.92 Å². The second-order valence-electron chi connectivity index (χ2n) is 15.5. The number of aromatic hydroxyl groups is 2. The maximum atomic E-state index is 13.4. The van der Waals surface area contributed by atoms with Gasteiger partial charge >= 0.3 is 35.5 Å². The molecule has 0 saturated carbocycles. The van der Waals surface area contributed by atoms with Crippen LogP contribution in [0.3, 0.4) is 0 Å². The Kier molecular flexibility index (Phi) is 14.4. The summed E-state index contributed by atoms with van der Waals surface area (Å²) >= 11 is 0. The molecular weight excluding hydrogens is 953 g/mol. The third kappa shape index (κ3) is 11.4. The van der Waals surface area contributed by atoms with Gasteiger partial charge in [0.05, 0.1) is 24.2 Å². The zero-order valence-corrected chi connectivity index (χ0v) is 37.3. The average molecular weight is 997 g/mol. The SMILES string of the molecule is O=C(CCCCCNC(=O)c1ccc2c(c1)C(=O)OC21c2ccc(O)cc2Oc2cc(O)ccc21)NCC=CC1CN(C2CC(O)C(COP(=O)(O)OP(=O)(O)OP(=O)(O)O)O2)C(=O)NC1=O. The van der Waals surface area contributed by atoms with E-state index in [1.807, 2.05) is 0 Å². The zero-order valence-electron chi connectivity index (χ0n) is 34.7. The van der Waals surface area contributed by atoms with Crippen molar-refractivity contribution in [3.05, 3.63) is 94.6 Å². The Hall–Kier alpha value is -5.52. The van der Waals surface area contributed by atoms with Gasteiger partial charge in [-0.25, -0.2) is 23.3 Å². The molecule has 25 nitrogen and oxygen atoms in total. The number of rotatable bonds is 18. The summed E-state index contributed by atoms with van der Waals surface area (Å²) in [5.74, 6) is -2.72. The van der Waals surface area contributed by atoms with E-state index >= 15 is 0 Å². The van der Waals surface area contributed by atoms with Crippen molar-refractivity contribution < 1.29 is 99.9 Å². The van der Waals surface area contributed by atoms with Crippen LogP contribution in [0.15, 0.2) is 66.7 Å². The number of fused-ring (bicyclic) bond motifs is 6. The van der Waals surface area contributed by atoms with Gasteiger partial charge in [-0.2, -0.15) is 8.62 Å². The van der Waals surface area contributed by atoms with Crippen LogP contribution >= 0.6 is 23.5 Å². The molecule has 67 heavy (non-hydrogen) atoms. The fraction of sp³-hybridized carbons (Fsp3) is 0.359. The van der Waals surface area contributed by atoms with E-state index in [4.69, 9.17) is 24.0 Å². The van der Waals surface area contributed by atoms with Crippen LogP contribution in [0, 0.1) is 5.92 Å². The maximum absolute atomic E-state index is 13.4. The van der Waals surface area contributed by atoms with Gasteiger partial charge in [-0.3, -0.25) is 29.1 Å². The lowest BCUT2D eigenvalue weighted by atomic mass is 9.77. The lowest BCUT2D eigenvalue weighted by Gasteiger charge is -2.36. The van der Waals surface area contributed by atoms with Gasteiger partial charge in [0.25, 0.3) is 5.91 Å². The number of unbranched alkanes of at least 4 members (excludes halogenated alkanes) is 2. The maximum Gasteiger partial charge on any atom is 0.490 e. The molecule has 0 bridgehead atoms. The van der Waals surface area contributed by atoms with Gasteiger partial charge in [-0.1, -0.05) is 24.6 Å². The summed E-state index contributed by atoms with van der Waals surface area (Å²) in [5.41, 5.74) is 0.238. The predicted molar refractivity (Wildman–Crippen MR) is 224 cm³/mol. The molecule has 4 aliphatic rings. The number of benzene rings is 3. The standard InChI is InChI=1S/C39H43N4O21P3/c44-23-8-11-27-30(16-23)60-31-17-24(45)9-12-28(31)39(27)26-10-7-21(15-25(26)37(50)62-39)35(48)41-13-3-1-2-6-33(47)40-14-4-5-22-19-43(38(51)42-36(22)49)34-18-29(46)32(61-34)20-59-66(55,56)64-67(57,58)63-65(52,53)54/h4-5,7-12,15-17,22,29,32,34,44-46H,1-3,6,13-14,18-20H2,(H,40,47)(H,41,48)(H,55,56)(H,57,58)(H,42,49,51)(H2,52,53,54). The summed E-state index contributed by atoms with van der Waals surface area (Å²) in [4.78, 5) is 102. The van der Waals surface area contributed by atoms with Gasteiger partial charge in [0.15, 0.2) is 5.60 Å². The Morgan fingerprint density at radius 1 is 0.866 bits per heavy atom. The van der Waals surface area contributed by atoms with Crippen LogP contribution < -0.4 is 20.7 Å². The Balaban J connectivity index is 0.824. The van der Waals surface area contributed by atoms with E-state index in [-0.39, 0.29) is 72.5 Å². The molecule has 1 spiro atoms. The third-order valence-corrected chi connectivity index (χ3v) is 14.6. The summed E-state index contributed by atoms with van der Waals surface area (Å²) in [7, 11) is -16.9. The molecular formula is C39H43N4O21P3. The van der Waals surface area contributed by atoms with Crippen LogP contribution in [-0.4, -0.2) is 114 Å². The van der Waals surface area contributed by atoms with Crippen molar-refractivity contribution in [2.75, 3.05) is 26.2 Å². The number of phenols is 2. The van der Waals surface area contributed by atoms with Crippen molar-refractivity contribution in [1.29, 1.82) is 0 Å². The van der Waals surface area contributed by atoms with Crippen LogP contribution in [0.4, 0.5) is 4.79 Å². The smallest absolute Gasteiger partial charge is 0.490 e. The molecule has 4 heterocycles. The van der Waals surface area contributed by atoms with Crippen molar-refractivity contribution >= 4 is 53.2 Å². The van der Waals surface area contributed by atoms with Crippen molar-refractivity contribution in [3.63, 3.8) is 0 Å². The minimum atomic E-state index is -5.78. The van der Waals surface area contributed by atoms with Crippen molar-refractivity contribution in [3.8, 4) is 23.0 Å². The average Bonchev–Trinajstić information content (AvgIpc) is 3.74. The first kappa shape index (κ1) is 49.4. The Labute approximate surface area is 379 Å². The van der Waals surface area contributed by atoms with Crippen LogP contribution in [0.25, 0.3) is 0 Å². The number of ether oxygens (including phenoxy) is 3. The highest BCUT2D eigenvalue weighted by atomic mass is 31.3. The topological polar surface area (TPSA) is 373 Å². The van der Waals surface area contributed by atoms with Crippen LogP contribution in [-0.2, 0) is 51.5 Å². The minimum Gasteiger partial charge on any atom is -0.508 e. The van der Waals surface area contributed by atoms with E-state index in [1.54, 1.807) is 24.3 Å². The highest BCUT2D eigenvalue weighted by Crippen LogP contribution is 2.66. The molecule has 0 aliphatic carbocycles. The molecule has 10 N–H and O–H groups in total. The number of phosphoric ester groups is 1. The van der Waals surface area contributed by atoms with E-state index in [9.17, 15) is 62.8 Å². The number of nitrogens with zero attached hydrogens (tertiary/aromatic N) is 1. The molecule has 6 atom stereocenters. The number of hydrogen-bond acceptors (Lipinski definition) is 17. The molecule has 2 saturated heterocycles. The Bertz CT molecular complexity index is 2610. The molecule has 360 valence electrons. The number of carbonyl (C=O) groups excluding carboxylic acids is 5. The number of phosphoric acid groups is 3. The lowest BCUT2D eigenvalue weighted by molar-refractivity contribution is -0.127. The van der Waals surface area contributed by atoms with Crippen molar-refractivity contribution in [2.45, 2.75) is 56.1 Å². The normalized spacial score (nSPS) is 22.5. The molecule has 6 unspecified atom stereocenters. The number of amides is 5. The van der Waals surface area contributed by atoms with Gasteiger partial charge in [-0.15, -0.1) is 0 Å². The van der Waals surface area contributed by atoms with E-state index in [2.05, 4.69) is 29.1 Å². The molecule has 0 aromatic heterocycles. The number of carbonyl (C=O) groups is 5. The summed E-state index contributed by atoms with van der Waals surface area (Å²) < 4.78 is 63.8. The Morgan fingerprint density at radius 2 is 1.54 bits per heavy atom.